The molecule has 1 heterocycles. The molecule has 0 spiro atoms. The molecule has 0 aliphatic carbocycles. The van der Waals surface area contributed by atoms with Crippen molar-refractivity contribution in [2.45, 2.75) is 19.4 Å². The Morgan fingerprint density at radius 3 is 2.69 bits per heavy atom. The predicted molar refractivity (Wildman–Crippen MR) is 114 cm³/mol. The zero-order valence-corrected chi connectivity index (χ0v) is 18.0. The summed E-state index contributed by atoms with van der Waals surface area (Å²) in [6, 6.07) is 5.21. The SMILES string of the molecule is CN=C(NCc1ccc(N(C)C)c(F)c1)NCC1(CCO)CCOC1.I. The Morgan fingerprint density at radius 2 is 2.15 bits per heavy atom. The average Bonchev–Trinajstić information content (AvgIpc) is 3.04. The highest BCUT2D eigenvalue weighted by Crippen LogP contribution is 2.31. The van der Waals surface area contributed by atoms with Gasteiger partial charge in [0.15, 0.2) is 5.96 Å². The van der Waals surface area contributed by atoms with Gasteiger partial charge < -0.3 is 25.4 Å². The maximum Gasteiger partial charge on any atom is 0.191 e. The third kappa shape index (κ3) is 6.24. The first-order valence-electron chi connectivity index (χ1n) is 8.58. The second-order valence-corrected chi connectivity index (χ2v) is 6.74. The minimum Gasteiger partial charge on any atom is -0.396 e. The second kappa shape index (κ2) is 10.9. The quantitative estimate of drug-likeness (QED) is 0.317. The first-order chi connectivity index (χ1) is 12.0. The van der Waals surface area contributed by atoms with Crippen LogP contribution in [0.5, 0.6) is 0 Å². The molecule has 6 nitrogen and oxygen atoms in total. The van der Waals surface area contributed by atoms with Crippen LogP contribution in [0.3, 0.4) is 0 Å². The minimum absolute atomic E-state index is 0. The molecule has 1 aromatic carbocycles. The first-order valence-corrected chi connectivity index (χ1v) is 8.58. The van der Waals surface area contributed by atoms with E-state index in [-0.39, 0.29) is 41.8 Å². The van der Waals surface area contributed by atoms with E-state index < -0.39 is 0 Å². The van der Waals surface area contributed by atoms with E-state index in [0.717, 1.165) is 18.6 Å². The monoisotopic (exact) mass is 480 g/mol. The number of guanidine groups is 1. The number of nitrogens with zero attached hydrogens (tertiary/aromatic N) is 2. The van der Waals surface area contributed by atoms with Gasteiger partial charge in [0.1, 0.15) is 5.82 Å². The van der Waals surface area contributed by atoms with Crippen molar-refractivity contribution in [2.24, 2.45) is 10.4 Å². The summed E-state index contributed by atoms with van der Waals surface area (Å²) >= 11 is 0. The summed E-state index contributed by atoms with van der Waals surface area (Å²) in [4.78, 5) is 5.96. The molecule has 1 saturated heterocycles. The molecule has 0 bridgehead atoms. The van der Waals surface area contributed by atoms with Crippen LogP contribution in [0.1, 0.15) is 18.4 Å². The van der Waals surface area contributed by atoms with Gasteiger partial charge >= 0.3 is 0 Å². The lowest BCUT2D eigenvalue weighted by Gasteiger charge is -2.27. The number of benzene rings is 1. The Balaban J connectivity index is 0.00000338. The topological polar surface area (TPSA) is 69.1 Å². The zero-order valence-electron chi connectivity index (χ0n) is 15.7. The molecule has 0 radical (unpaired) electrons. The highest BCUT2D eigenvalue weighted by atomic mass is 127. The van der Waals surface area contributed by atoms with Gasteiger partial charge in [0.2, 0.25) is 0 Å². The molecule has 148 valence electrons. The van der Waals surface area contributed by atoms with Crippen LogP contribution < -0.4 is 15.5 Å². The van der Waals surface area contributed by atoms with Crippen LogP contribution in [0, 0.1) is 11.2 Å². The number of hydrogen-bond donors (Lipinski definition) is 3. The first kappa shape index (κ1) is 22.9. The fourth-order valence-corrected chi connectivity index (χ4v) is 3.01. The summed E-state index contributed by atoms with van der Waals surface area (Å²) in [6.45, 7) is 2.68. The number of nitrogens with one attached hydrogen (secondary N) is 2. The number of aliphatic hydroxyl groups excluding tert-OH is 1. The number of anilines is 1. The fourth-order valence-electron chi connectivity index (χ4n) is 3.01. The number of hydrogen-bond acceptors (Lipinski definition) is 4. The van der Waals surface area contributed by atoms with E-state index in [1.54, 1.807) is 18.0 Å². The molecule has 0 saturated carbocycles. The van der Waals surface area contributed by atoms with Gasteiger partial charge in [-0.25, -0.2) is 4.39 Å². The summed E-state index contributed by atoms with van der Waals surface area (Å²) in [7, 11) is 5.34. The lowest BCUT2D eigenvalue weighted by Crippen LogP contribution is -2.44. The minimum atomic E-state index is -0.239. The van der Waals surface area contributed by atoms with Gasteiger partial charge in [0.25, 0.3) is 0 Å². The number of aliphatic imine (C=N–C) groups is 1. The van der Waals surface area contributed by atoms with Crippen molar-refractivity contribution < 1.29 is 14.2 Å². The second-order valence-electron chi connectivity index (χ2n) is 6.74. The van der Waals surface area contributed by atoms with Gasteiger partial charge in [-0.05, 0) is 30.5 Å². The summed E-state index contributed by atoms with van der Waals surface area (Å²) < 4.78 is 19.5. The molecule has 0 aromatic heterocycles. The normalized spacial score (nSPS) is 19.8. The molecular formula is C18H30FIN4O2. The van der Waals surface area contributed by atoms with E-state index in [2.05, 4.69) is 15.6 Å². The van der Waals surface area contributed by atoms with Gasteiger partial charge in [0.05, 0.1) is 12.3 Å². The Morgan fingerprint density at radius 1 is 1.38 bits per heavy atom. The van der Waals surface area contributed by atoms with Crippen molar-refractivity contribution >= 4 is 35.6 Å². The molecule has 8 heteroatoms. The van der Waals surface area contributed by atoms with Crippen LogP contribution >= 0.6 is 24.0 Å². The van der Waals surface area contributed by atoms with E-state index in [4.69, 9.17) is 4.74 Å². The van der Waals surface area contributed by atoms with Crippen molar-refractivity contribution in [3.8, 4) is 0 Å². The largest absolute Gasteiger partial charge is 0.396 e. The maximum atomic E-state index is 14.0. The highest BCUT2D eigenvalue weighted by Gasteiger charge is 2.34. The van der Waals surface area contributed by atoms with Gasteiger partial charge in [-0.2, -0.15) is 0 Å². The molecule has 1 aromatic rings. The molecule has 1 atom stereocenters. The smallest absolute Gasteiger partial charge is 0.191 e. The summed E-state index contributed by atoms with van der Waals surface area (Å²) in [5.41, 5.74) is 1.37. The lowest BCUT2D eigenvalue weighted by molar-refractivity contribution is 0.127. The molecule has 3 N–H and O–H groups in total. The lowest BCUT2D eigenvalue weighted by atomic mass is 9.84. The standard InChI is InChI=1S/C18H29FN4O2.HI/c1-20-17(22-12-18(6-8-24)7-9-25-13-18)21-11-14-4-5-16(23(2)3)15(19)10-14;/h4-5,10,24H,6-9,11-13H2,1-3H3,(H2,20,21,22);1H. The fraction of sp³-hybridized carbons (Fsp3) is 0.611. The van der Waals surface area contributed by atoms with Crippen LogP contribution in [-0.2, 0) is 11.3 Å². The van der Waals surface area contributed by atoms with E-state index in [0.29, 0.717) is 37.8 Å². The maximum absolute atomic E-state index is 14.0. The molecule has 1 unspecified atom stereocenters. The summed E-state index contributed by atoms with van der Waals surface area (Å²) in [5.74, 6) is 0.415. The number of aliphatic hydroxyl groups is 1. The van der Waals surface area contributed by atoms with Crippen molar-refractivity contribution in [3.63, 3.8) is 0 Å². The molecule has 1 fully saturated rings. The van der Waals surface area contributed by atoms with Crippen LogP contribution in [0.25, 0.3) is 0 Å². The molecule has 1 aliphatic heterocycles. The number of halogens is 2. The van der Waals surface area contributed by atoms with Crippen LogP contribution in [0.4, 0.5) is 10.1 Å². The van der Waals surface area contributed by atoms with Gasteiger partial charge in [-0.3, -0.25) is 4.99 Å². The van der Waals surface area contributed by atoms with Crippen LogP contribution in [0.15, 0.2) is 23.2 Å². The van der Waals surface area contributed by atoms with Crippen LogP contribution in [-0.4, -0.2) is 58.6 Å². The average molecular weight is 480 g/mol. The van der Waals surface area contributed by atoms with Crippen molar-refractivity contribution in [3.05, 3.63) is 29.6 Å². The van der Waals surface area contributed by atoms with E-state index in [9.17, 15) is 9.50 Å². The number of ether oxygens (including phenoxy) is 1. The third-order valence-corrected chi connectivity index (χ3v) is 4.64. The molecular weight excluding hydrogens is 450 g/mol. The van der Waals surface area contributed by atoms with Gasteiger partial charge in [-0.15, -0.1) is 24.0 Å². The van der Waals surface area contributed by atoms with Crippen LogP contribution in [0.2, 0.25) is 0 Å². The summed E-state index contributed by atoms with van der Waals surface area (Å²) in [5, 5.41) is 15.8. The third-order valence-electron chi connectivity index (χ3n) is 4.64. The number of rotatable bonds is 7. The molecule has 0 amide bonds. The Bertz CT molecular complexity index is 593. The molecule has 26 heavy (non-hydrogen) atoms. The Kier molecular flexibility index (Phi) is 9.59. The van der Waals surface area contributed by atoms with Gasteiger partial charge in [-0.1, -0.05) is 6.07 Å². The van der Waals surface area contributed by atoms with Crippen molar-refractivity contribution in [1.82, 2.24) is 10.6 Å². The van der Waals surface area contributed by atoms with Crippen molar-refractivity contribution in [1.29, 1.82) is 0 Å². The predicted octanol–water partition coefficient (Wildman–Crippen LogP) is 1.96. The Labute approximate surface area is 172 Å². The van der Waals surface area contributed by atoms with E-state index in [1.165, 1.54) is 6.07 Å². The zero-order chi connectivity index (χ0) is 18.3. The molecule has 2 rings (SSSR count). The molecule has 1 aliphatic rings. The Hall–Kier alpha value is -1.13. The van der Waals surface area contributed by atoms with E-state index >= 15 is 0 Å². The van der Waals surface area contributed by atoms with Gasteiger partial charge in [0, 0.05) is 52.9 Å². The summed E-state index contributed by atoms with van der Waals surface area (Å²) in [6.07, 6.45) is 1.63. The van der Waals surface area contributed by atoms with Crippen molar-refractivity contribution in [2.75, 3.05) is 52.4 Å². The highest BCUT2D eigenvalue weighted by molar-refractivity contribution is 14.0. The van der Waals surface area contributed by atoms with E-state index in [1.807, 2.05) is 20.2 Å².